The number of hydrogen-bond donors (Lipinski definition) is 2. The molecule has 0 atom stereocenters. The summed E-state index contributed by atoms with van der Waals surface area (Å²) in [6.07, 6.45) is 4.11. The van der Waals surface area contributed by atoms with Gasteiger partial charge in [-0.05, 0) is 32.4 Å². The highest BCUT2D eigenvalue weighted by Gasteiger charge is 2.00. The lowest BCUT2D eigenvalue weighted by Gasteiger charge is -2.17. The van der Waals surface area contributed by atoms with Crippen molar-refractivity contribution >= 4 is 0 Å². The van der Waals surface area contributed by atoms with Gasteiger partial charge >= 0.3 is 0 Å². The van der Waals surface area contributed by atoms with Gasteiger partial charge in [-0.15, -0.1) is 0 Å². The number of nitrogens with one attached hydrogen (secondary N) is 2. The van der Waals surface area contributed by atoms with Crippen molar-refractivity contribution in [2.24, 2.45) is 0 Å². The van der Waals surface area contributed by atoms with E-state index < -0.39 is 0 Å². The van der Waals surface area contributed by atoms with E-state index in [0.717, 1.165) is 13.1 Å². The lowest BCUT2D eigenvalue weighted by atomic mass is 10.3. The zero-order valence-corrected chi connectivity index (χ0v) is 8.11. The van der Waals surface area contributed by atoms with Crippen LogP contribution < -0.4 is 10.6 Å². The van der Waals surface area contributed by atoms with Gasteiger partial charge in [0.1, 0.15) is 0 Å². The van der Waals surface area contributed by atoms with Crippen LogP contribution >= 0.6 is 0 Å². The van der Waals surface area contributed by atoms with E-state index in [4.69, 9.17) is 0 Å². The molecule has 0 amide bonds. The zero-order valence-electron chi connectivity index (χ0n) is 8.11. The van der Waals surface area contributed by atoms with Crippen LogP contribution in [0.25, 0.3) is 0 Å². The average Bonchev–Trinajstić information content (AvgIpc) is 2.05. The third-order valence-electron chi connectivity index (χ3n) is 1.69. The van der Waals surface area contributed by atoms with E-state index in [9.17, 15) is 0 Å². The first kappa shape index (κ1) is 10.9. The van der Waals surface area contributed by atoms with Crippen molar-refractivity contribution in [2.45, 2.75) is 46.2 Å². The molecule has 0 aromatic heterocycles. The molecule has 0 aromatic carbocycles. The van der Waals surface area contributed by atoms with E-state index >= 15 is 0 Å². The molecule has 0 heterocycles. The van der Waals surface area contributed by atoms with E-state index in [-0.39, 0.29) is 0 Å². The summed E-state index contributed by atoms with van der Waals surface area (Å²) >= 11 is 0. The summed E-state index contributed by atoms with van der Waals surface area (Å²) in [5, 5.41) is 6.89. The molecule has 0 bridgehead atoms. The maximum absolute atomic E-state index is 3.44. The molecule has 0 unspecified atom stereocenters. The van der Waals surface area contributed by atoms with Gasteiger partial charge in [0, 0.05) is 0 Å². The first-order valence-corrected chi connectivity index (χ1v) is 4.81. The first-order valence-electron chi connectivity index (χ1n) is 4.81. The highest BCUT2D eigenvalue weighted by Crippen LogP contribution is 1.86. The Bertz CT molecular complexity index is 66.0. The third-order valence-corrected chi connectivity index (χ3v) is 1.69. The molecule has 0 saturated heterocycles. The van der Waals surface area contributed by atoms with Crippen molar-refractivity contribution in [1.29, 1.82) is 0 Å². The van der Waals surface area contributed by atoms with Crippen LogP contribution in [-0.2, 0) is 0 Å². The second kappa shape index (κ2) is 8.02. The summed E-state index contributed by atoms with van der Waals surface area (Å²) in [5.41, 5.74) is 0. The minimum atomic E-state index is 0.523. The van der Waals surface area contributed by atoms with E-state index in [2.05, 4.69) is 31.4 Å². The van der Waals surface area contributed by atoms with Crippen molar-refractivity contribution < 1.29 is 0 Å². The molecule has 0 radical (unpaired) electrons. The van der Waals surface area contributed by atoms with Crippen molar-refractivity contribution in [3.8, 4) is 0 Å². The third kappa shape index (κ3) is 6.32. The van der Waals surface area contributed by atoms with E-state index in [0.29, 0.717) is 6.17 Å². The molecule has 0 spiro atoms. The first-order chi connectivity index (χ1) is 5.35. The van der Waals surface area contributed by atoms with Gasteiger partial charge in [-0.2, -0.15) is 0 Å². The lowest BCUT2D eigenvalue weighted by Crippen LogP contribution is -2.42. The van der Waals surface area contributed by atoms with Crippen LogP contribution in [-0.4, -0.2) is 19.3 Å². The summed E-state index contributed by atoms with van der Waals surface area (Å²) in [7, 11) is 0. The van der Waals surface area contributed by atoms with E-state index in [1.165, 1.54) is 19.3 Å². The smallest absolute Gasteiger partial charge is 0.0568 e. The topological polar surface area (TPSA) is 24.1 Å². The Morgan fingerprint density at radius 2 is 1.36 bits per heavy atom. The summed E-state index contributed by atoms with van der Waals surface area (Å²) in [6, 6.07) is 0. The fourth-order valence-electron chi connectivity index (χ4n) is 0.998. The summed E-state index contributed by atoms with van der Waals surface area (Å²) < 4.78 is 0. The normalized spacial score (nSPS) is 10.9. The maximum Gasteiger partial charge on any atom is 0.0568 e. The molecular weight excluding hydrogens is 136 g/mol. The molecule has 2 nitrogen and oxygen atoms in total. The Morgan fingerprint density at radius 1 is 0.909 bits per heavy atom. The van der Waals surface area contributed by atoms with Crippen molar-refractivity contribution in [2.75, 3.05) is 13.1 Å². The van der Waals surface area contributed by atoms with Crippen molar-refractivity contribution in [3.63, 3.8) is 0 Å². The van der Waals surface area contributed by atoms with Gasteiger partial charge in [-0.3, -0.25) is 0 Å². The van der Waals surface area contributed by atoms with Crippen LogP contribution in [0.15, 0.2) is 0 Å². The quantitative estimate of drug-likeness (QED) is 0.551. The summed E-state index contributed by atoms with van der Waals surface area (Å²) in [6.45, 7) is 8.83. The van der Waals surface area contributed by atoms with Gasteiger partial charge in [0.05, 0.1) is 6.17 Å². The molecule has 0 saturated carbocycles. The van der Waals surface area contributed by atoms with Crippen molar-refractivity contribution in [3.05, 3.63) is 0 Å². The van der Waals surface area contributed by atoms with E-state index in [1.54, 1.807) is 0 Å². The van der Waals surface area contributed by atoms with Crippen LogP contribution in [0.4, 0.5) is 0 Å². The Hall–Kier alpha value is -0.0800. The zero-order chi connectivity index (χ0) is 8.53. The van der Waals surface area contributed by atoms with Crippen LogP contribution in [0.3, 0.4) is 0 Å². The molecule has 0 rings (SSSR count). The van der Waals surface area contributed by atoms with Crippen molar-refractivity contribution in [1.82, 2.24) is 10.6 Å². The van der Waals surface area contributed by atoms with Gasteiger partial charge in [0.2, 0.25) is 0 Å². The second-order valence-electron chi connectivity index (χ2n) is 2.87. The van der Waals surface area contributed by atoms with E-state index in [1.807, 2.05) is 0 Å². The molecule has 11 heavy (non-hydrogen) atoms. The molecule has 0 aromatic rings. The van der Waals surface area contributed by atoms with Crippen LogP contribution in [0, 0.1) is 0 Å². The molecule has 0 aliphatic rings. The van der Waals surface area contributed by atoms with Gasteiger partial charge in [-0.1, -0.05) is 20.8 Å². The molecule has 0 aliphatic carbocycles. The van der Waals surface area contributed by atoms with Gasteiger partial charge in [0.25, 0.3) is 0 Å². The van der Waals surface area contributed by atoms with Gasteiger partial charge in [-0.25, -0.2) is 0 Å². The Labute approximate surface area is 70.8 Å². The number of hydrogen-bond acceptors (Lipinski definition) is 2. The minimum Gasteiger partial charge on any atom is -0.302 e. The minimum absolute atomic E-state index is 0.523. The maximum atomic E-state index is 3.44. The molecule has 2 N–H and O–H groups in total. The second-order valence-corrected chi connectivity index (χ2v) is 2.87. The largest absolute Gasteiger partial charge is 0.302 e. The van der Waals surface area contributed by atoms with Crippen LogP contribution in [0.1, 0.15) is 40.0 Å². The molecular formula is C9H22N2. The van der Waals surface area contributed by atoms with Crippen LogP contribution in [0.5, 0.6) is 0 Å². The van der Waals surface area contributed by atoms with Gasteiger partial charge < -0.3 is 10.6 Å². The predicted octanol–water partition coefficient (Wildman–Crippen LogP) is 1.72. The average molecular weight is 158 g/mol. The molecule has 0 fully saturated rings. The van der Waals surface area contributed by atoms with Crippen LogP contribution in [0.2, 0.25) is 0 Å². The fourth-order valence-corrected chi connectivity index (χ4v) is 0.998. The Balaban J connectivity index is 3.25. The molecule has 68 valence electrons. The fraction of sp³-hybridized carbons (Fsp3) is 1.00. The Kier molecular flexibility index (Phi) is 7.96. The SMILES string of the molecule is CCCNC(CC)NCCC. The summed E-state index contributed by atoms with van der Waals surface area (Å²) in [4.78, 5) is 0. The lowest BCUT2D eigenvalue weighted by molar-refractivity contribution is 0.414. The Morgan fingerprint density at radius 3 is 1.64 bits per heavy atom. The number of rotatable bonds is 7. The highest BCUT2D eigenvalue weighted by atomic mass is 15.1. The predicted molar refractivity (Wildman–Crippen MR) is 50.7 cm³/mol. The highest BCUT2D eigenvalue weighted by molar-refractivity contribution is 4.60. The molecule has 2 heteroatoms. The molecule has 0 aliphatic heterocycles. The monoisotopic (exact) mass is 158 g/mol. The standard InChI is InChI=1S/C9H22N2/c1-4-7-10-9(6-3)11-8-5-2/h9-11H,4-8H2,1-3H3. The van der Waals surface area contributed by atoms with Gasteiger partial charge in [0.15, 0.2) is 0 Å². The summed E-state index contributed by atoms with van der Waals surface area (Å²) in [5.74, 6) is 0.